The molecule has 0 N–H and O–H groups in total. The molecule has 0 saturated heterocycles. The largest absolute Gasteiger partial charge is 0.208 e. The van der Waals surface area contributed by atoms with Crippen LogP contribution in [0.25, 0.3) is 0 Å². The highest BCUT2D eigenvalue weighted by molar-refractivity contribution is 5.41. The molecule has 98 valence electrons. The van der Waals surface area contributed by atoms with E-state index in [1.807, 2.05) is 7.05 Å². The van der Waals surface area contributed by atoms with E-state index in [0.717, 1.165) is 0 Å². The lowest BCUT2D eigenvalue weighted by Gasteiger charge is -2.18. The van der Waals surface area contributed by atoms with E-state index in [-0.39, 0.29) is 0 Å². The van der Waals surface area contributed by atoms with E-state index in [4.69, 9.17) is 0 Å². The summed E-state index contributed by atoms with van der Waals surface area (Å²) in [6.07, 6.45) is 4.21. The Kier molecular flexibility index (Phi) is 3.60. The van der Waals surface area contributed by atoms with Crippen molar-refractivity contribution in [2.24, 2.45) is 7.05 Å². The van der Waals surface area contributed by atoms with Crippen LogP contribution in [0, 0.1) is 0 Å². The minimum Gasteiger partial charge on any atom is -0.208 e. The summed E-state index contributed by atoms with van der Waals surface area (Å²) >= 11 is 0. The first kappa shape index (κ1) is 12.6. The van der Waals surface area contributed by atoms with Gasteiger partial charge in [-0.05, 0) is 16.7 Å². The Balaban J connectivity index is 2.11. The van der Waals surface area contributed by atoms with Crippen molar-refractivity contribution >= 4 is 0 Å². The highest BCUT2D eigenvalue weighted by Gasteiger charge is 2.16. The molecule has 0 aliphatic rings. The van der Waals surface area contributed by atoms with Crippen molar-refractivity contribution in [3.63, 3.8) is 0 Å². The Morgan fingerprint density at radius 3 is 1.45 bits per heavy atom. The van der Waals surface area contributed by atoms with Gasteiger partial charge in [0.15, 0.2) is 12.4 Å². The molecule has 0 unspecified atom stereocenters. The van der Waals surface area contributed by atoms with E-state index in [1.54, 1.807) is 0 Å². The van der Waals surface area contributed by atoms with E-state index in [2.05, 4.69) is 89.8 Å². The maximum absolute atomic E-state index is 2.20. The Labute approximate surface area is 120 Å². The number of pyridine rings is 1. The third-order valence-electron chi connectivity index (χ3n) is 3.60. The van der Waals surface area contributed by atoms with Gasteiger partial charge in [-0.1, -0.05) is 60.7 Å². The monoisotopic (exact) mass is 260 g/mol. The lowest BCUT2D eigenvalue weighted by Crippen LogP contribution is -2.26. The molecule has 3 aromatic rings. The summed E-state index contributed by atoms with van der Waals surface area (Å²) in [5.74, 6) is 0.290. The number of aromatic nitrogens is 1. The molecule has 2 aromatic carbocycles. The first-order valence-corrected chi connectivity index (χ1v) is 6.90. The summed E-state index contributed by atoms with van der Waals surface area (Å²) in [5.41, 5.74) is 3.97. The van der Waals surface area contributed by atoms with Gasteiger partial charge in [0.1, 0.15) is 7.05 Å². The fraction of sp³-hybridized carbons (Fsp3) is 0.105. The highest BCUT2D eigenvalue weighted by Crippen LogP contribution is 2.30. The third-order valence-corrected chi connectivity index (χ3v) is 3.60. The fourth-order valence-electron chi connectivity index (χ4n) is 2.57. The Hall–Kier alpha value is -2.41. The first-order chi connectivity index (χ1) is 9.84. The molecule has 0 saturated carbocycles. The number of benzene rings is 2. The van der Waals surface area contributed by atoms with Gasteiger partial charge in [-0.2, -0.15) is 0 Å². The SMILES string of the molecule is C[n+]1ccc(C(c2ccccc2)c2ccccc2)cc1. The van der Waals surface area contributed by atoms with Crippen LogP contribution in [0.4, 0.5) is 0 Å². The predicted octanol–water partition coefficient (Wildman–Crippen LogP) is 3.69. The van der Waals surface area contributed by atoms with Crippen molar-refractivity contribution in [2.75, 3.05) is 0 Å². The molecule has 0 radical (unpaired) electrons. The van der Waals surface area contributed by atoms with Crippen molar-refractivity contribution in [2.45, 2.75) is 5.92 Å². The highest BCUT2D eigenvalue weighted by atomic mass is 14.9. The first-order valence-electron chi connectivity index (χ1n) is 6.90. The van der Waals surface area contributed by atoms with E-state index >= 15 is 0 Å². The zero-order valence-corrected chi connectivity index (χ0v) is 11.6. The van der Waals surface area contributed by atoms with Gasteiger partial charge in [0.2, 0.25) is 0 Å². The van der Waals surface area contributed by atoms with Crippen LogP contribution in [-0.2, 0) is 7.05 Å². The molecule has 1 heteroatoms. The van der Waals surface area contributed by atoms with E-state index in [1.165, 1.54) is 16.7 Å². The summed E-state index contributed by atoms with van der Waals surface area (Å²) < 4.78 is 2.07. The average molecular weight is 260 g/mol. The average Bonchev–Trinajstić information content (AvgIpc) is 2.52. The number of rotatable bonds is 3. The van der Waals surface area contributed by atoms with Crippen molar-refractivity contribution < 1.29 is 4.57 Å². The standard InChI is InChI=1S/C19H18N/c1-20-14-12-18(13-15-20)19(16-8-4-2-5-9-16)17-10-6-3-7-11-17/h2-15,19H,1H3/q+1. The molecule has 0 spiro atoms. The van der Waals surface area contributed by atoms with Crippen LogP contribution in [0.2, 0.25) is 0 Å². The lowest BCUT2D eigenvalue weighted by atomic mass is 9.86. The number of hydrogen-bond acceptors (Lipinski definition) is 0. The topological polar surface area (TPSA) is 3.88 Å². The van der Waals surface area contributed by atoms with Gasteiger partial charge in [0, 0.05) is 18.1 Å². The molecule has 0 aliphatic carbocycles. The van der Waals surface area contributed by atoms with Crippen LogP contribution < -0.4 is 4.57 Å². The van der Waals surface area contributed by atoms with Crippen LogP contribution in [0.15, 0.2) is 85.2 Å². The minimum atomic E-state index is 0.290. The quantitative estimate of drug-likeness (QED) is 0.632. The molecular weight excluding hydrogens is 242 g/mol. The normalized spacial score (nSPS) is 10.7. The second kappa shape index (κ2) is 5.70. The summed E-state index contributed by atoms with van der Waals surface area (Å²) in [5, 5.41) is 0. The summed E-state index contributed by atoms with van der Waals surface area (Å²) in [6, 6.07) is 25.7. The van der Waals surface area contributed by atoms with Crippen molar-refractivity contribution in [1.82, 2.24) is 0 Å². The van der Waals surface area contributed by atoms with Crippen molar-refractivity contribution in [3.05, 3.63) is 102 Å². The molecule has 0 fully saturated rings. The second-order valence-corrected chi connectivity index (χ2v) is 5.05. The molecule has 0 aliphatic heterocycles. The molecule has 1 aromatic heterocycles. The third kappa shape index (κ3) is 2.62. The van der Waals surface area contributed by atoms with Gasteiger partial charge >= 0.3 is 0 Å². The zero-order valence-electron chi connectivity index (χ0n) is 11.6. The molecule has 0 amide bonds. The van der Waals surface area contributed by atoms with Gasteiger partial charge in [0.25, 0.3) is 0 Å². The van der Waals surface area contributed by atoms with Gasteiger partial charge in [-0.3, -0.25) is 0 Å². The van der Waals surface area contributed by atoms with E-state index in [0.29, 0.717) is 5.92 Å². The van der Waals surface area contributed by atoms with E-state index < -0.39 is 0 Å². The number of hydrogen-bond donors (Lipinski definition) is 0. The summed E-state index contributed by atoms with van der Waals surface area (Å²) in [4.78, 5) is 0. The maximum Gasteiger partial charge on any atom is 0.168 e. The molecule has 20 heavy (non-hydrogen) atoms. The van der Waals surface area contributed by atoms with Crippen LogP contribution in [0.5, 0.6) is 0 Å². The Bertz CT molecular complexity index is 618. The summed E-state index contributed by atoms with van der Waals surface area (Å²) in [6.45, 7) is 0. The van der Waals surface area contributed by atoms with Crippen LogP contribution in [0.1, 0.15) is 22.6 Å². The lowest BCUT2D eigenvalue weighted by molar-refractivity contribution is -0.671. The zero-order chi connectivity index (χ0) is 13.8. The van der Waals surface area contributed by atoms with Crippen LogP contribution in [-0.4, -0.2) is 0 Å². The van der Waals surface area contributed by atoms with Gasteiger partial charge in [-0.25, -0.2) is 4.57 Å². The summed E-state index contributed by atoms with van der Waals surface area (Å²) in [7, 11) is 2.05. The van der Waals surface area contributed by atoms with Gasteiger partial charge < -0.3 is 0 Å². The molecule has 0 atom stereocenters. The van der Waals surface area contributed by atoms with Gasteiger partial charge in [-0.15, -0.1) is 0 Å². The smallest absolute Gasteiger partial charge is 0.168 e. The second-order valence-electron chi connectivity index (χ2n) is 5.05. The Morgan fingerprint density at radius 1 is 0.600 bits per heavy atom. The van der Waals surface area contributed by atoms with E-state index in [9.17, 15) is 0 Å². The molecular formula is C19H18N+. The number of aryl methyl sites for hydroxylation is 1. The predicted molar refractivity (Wildman–Crippen MR) is 81.4 cm³/mol. The van der Waals surface area contributed by atoms with Gasteiger partial charge in [0.05, 0.1) is 0 Å². The molecule has 1 nitrogen and oxygen atoms in total. The van der Waals surface area contributed by atoms with Crippen LogP contribution >= 0.6 is 0 Å². The Morgan fingerprint density at radius 2 is 1.00 bits per heavy atom. The maximum atomic E-state index is 2.20. The minimum absolute atomic E-state index is 0.290. The molecule has 0 bridgehead atoms. The van der Waals surface area contributed by atoms with Crippen molar-refractivity contribution in [1.29, 1.82) is 0 Å². The van der Waals surface area contributed by atoms with Crippen LogP contribution in [0.3, 0.4) is 0 Å². The van der Waals surface area contributed by atoms with Crippen molar-refractivity contribution in [3.8, 4) is 0 Å². The number of nitrogens with zero attached hydrogens (tertiary/aromatic N) is 1. The molecule has 3 rings (SSSR count). The fourth-order valence-corrected chi connectivity index (χ4v) is 2.57. The molecule has 1 heterocycles.